The van der Waals surface area contributed by atoms with Crippen LogP contribution in [0, 0.1) is 0 Å². The molecule has 1 aromatic heterocycles. The van der Waals surface area contributed by atoms with E-state index in [1.165, 1.54) is 0 Å². The minimum absolute atomic E-state index is 0.0541. The van der Waals surface area contributed by atoms with Crippen molar-refractivity contribution in [1.82, 2.24) is 15.4 Å². The molecule has 0 aliphatic carbocycles. The van der Waals surface area contributed by atoms with E-state index in [9.17, 15) is 4.79 Å². The maximum absolute atomic E-state index is 12.2. The largest absolute Gasteiger partial charge is 0.485 e. The Hall–Kier alpha value is -2.34. The number of rotatable bonds is 2. The third kappa shape index (κ3) is 2.82. The second kappa shape index (κ2) is 5.70. The van der Waals surface area contributed by atoms with Gasteiger partial charge in [-0.05, 0) is 12.1 Å². The number of hydrogen-bond acceptors (Lipinski definition) is 5. The third-order valence-electron chi connectivity index (χ3n) is 4.67. The van der Waals surface area contributed by atoms with Crippen molar-refractivity contribution in [2.45, 2.75) is 25.0 Å². The molecule has 1 aromatic carbocycles. The number of nitrogens with zero attached hydrogens (tertiary/aromatic N) is 2. The van der Waals surface area contributed by atoms with E-state index in [4.69, 9.17) is 9.26 Å². The van der Waals surface area contributed by atoms with E-state index in [0.29, 0.717) is 17.9 Å². The van der Waals surface area contributed by atoms with Crippen LogP contribution in [0.15, 0.2) is 41.1 Å². The van der Waals surface area contributed by atoms with Gasteiger partial charge in [0, 0.05) is 32.0 Å². The van der Waals surface area contributed by atoms with E-state index in [2.05, 4.69) is 15.4 Å². The first-order chi connectivity index (χ1) is 11.2. The summed E-state index contributed by atoms with van der Waals surface area (Å²) in [6.45, 7) is 3.12. The SMILES string of the molecule is O=C1NCC2(CCN(Cc3ccno3)CC2)Oc2ccccc21. The monoisotopic (exact) mass is 313 g/mol. The Morgan fingerprint density at radius 3 is 2.83 bits per heavy atom. The highest BCUT2D eigenvalue weighted by Crippen LogP contribution is 2.33. The van der Waals surface area contributed by atoms with Crippen molar-refractivity contribution in [2.24, 2.45) is 0 Å². The molecule has 1 amide bonds. The van der Waals surface area contributed by atoms with Gasteiger partial charge in [0.25, 0.3) is 5.91 Å². The van der Waals surface area contributed by atoms with Gasteiger partial charge in [-0.3, -0.25) is 9.69 Å². The smallest absolute Gasteiger partial charge is 0.255 e. The van der Waals surface area contributed by atoms with Gasteiger partial charge in [-0.2, -0.15) is 0 Å². The Bertz CT molecular complexity index is 691. The fraction of sp³-hybridized carbons (Fsp3) is 0.412. The molecule has 0 saturated carbocycles. The zero-order valence-corrected chi connectivity index (χ0v) is 12.8. The minimum Gasteiger partial charge on any atom is -0.485 e. The molecule has 2 aliphatic heterocycles. The first-order valence-electron chi connectivity index (χ1n) is 7.92. The van der Waals surface area contributed by atoms with Gasteiger partial charge in [0.2, 0.25) is 0 Å². The topological polar surface area (TPSA) is 67.6 Å². The van der Waals surface area contributed by atoms with Crippen LogP contribution in [0.1, 0.15) is 29.0 Å². The zero-order valence-electron chi connectivity index (χ0n) is 12.8. The average Bonchev–Trinajstić information content (AvgIpc) is 3.04. The van der Waals surface area contributed by atoms with E-state index >= 15 is 0 Å². The van der Waals surface area contributed by atoms with Crippen LogP contribution in [0.3, 0.4) is 0 Å². The van der Waals surface area contributed by atoms with Crippen LogP contribution in [0.2, 0.25) is 0 Å². The number of fused-ring (bicyclic) bond motifs is 1. The summed E-state index contributed by atoms with van der Waals surface area (Å²) in [7, 11) is 0. The zero-order chi connectivity index (χ0) is 15.7. The van der Waals surface area contributed by atoms with Crippen molar-refractivity contribution in [3.63, 3.8) is 0 Å². The first kappa shape index (κ1) is 14.3. The van der Waals surface area contributed by atoms with Crippen LogP contribution in [0.4, 0.5) is 0 Å². The van der Waals surface area contributed by atoms with E-state index in [-0.39, 0.29) is 11.5 Å². The lowest BCUT2D eigenvalue weighted by Gasteiger charge is -2.40. The molecule has 0 unspecified atom stereocenters. The summed E-state index contributed by atoms with van der Waals surface area (Å²) < 4.78 is 11.5. The molecular formula is C17H19N3O3. The summed E-state index contributed by atoms with van der Waals surface area (Å²) in [5.41, 5.74) is 0.300. The Labute approximate surface area is 134 Å². The molecule has 0 bridgehead atoms. The summed E-state index contributed by atoms with van der Waals surface area (Å²) in [6.07, 6.45) is 3.41. The predicted octanol–water partition coefficient (Wildman–Crippen LogP) is 1.83. The van der Waals surface area contributed by atoms with Gasteiger partial charge < -0.3 is 14.6 Å². The van der Waals surface area contributed by atoms with Gasteiger partial charge >= 0.3 is 0 Å². The number of carbonyl (C=O) groups excluding carboxylic acids is 1. The Morgan fingerprint density at radius 1 is 1.22 bits per heavy atom. The quantitative estimate of drug-likeness (QED) is 0.916. The average molecular weight is 313 g/mol. The van der Waals surface area contributed by atoms with Gasteiger partial charge in [0.05, 0.1) is 24.8 Å². The van der Waals surface area contributed by atoms with Crippen LogP contribution >= 0.6 is 0 Å². The van der Waals surface area contributed by atoms with Crippen LogP contribution in [0.5, 0.6) is 5.75 Å². The van der Waals surface area contributed by atoms with Gasteiger partial charge in [0.1, 0.15) is 11.4 Å². The Kier molecular flexibility index (Phi) is 3.53. The number of piperidine rings is 1. The molecule has 3 heterocycles. The van der Waals surface area contributed by atoms with Crippen LogP contribution in [-0.2, 0) is 6.54 Å². The molecule has 23 heavy (non-hydrogen) atoms. The fourth-order valence-corrected chi connectivity index (χ4v) is 3.29. The maximum atomic E-state index is 12.2. The molecule has 1 fully saturated rings. The molecule has 4 rings (SSSR count). The van der Waals surface area contributed by atoms with Crippen molar-refractivity contribution >= 4 is 5.91 Å². The first-order valence-corrected chi connectivity index (χ1v) is 7.92. The molecule has 6 nitrogen and oxygen atoms in total. The number of aromatic nitrogens is 1. The Balaban J connectivity index is 1.47. The van der Waals surface area contributed by atoms with Crippen molar-refractivity contribution in [3.8, 4) is 5.75 Å². The van der Waals surface area contributed by atoms with E-state index in [1.807, 2.05) is 30.3 Å². The predicted molar refractivity (Wildman–Crippen MR) is 83.1 cm³/mol. The number of hydrogen-bond donors (Lipinski definition) is 1. The molecule has 120 valence electrons. The Morgan fingerprint density at radius 2 is 2.04 bits per heavy atom. The highest BCUT2D eigenvalue weighted by atomic mass is 16.5. The standard InChI is InChI=1S/C17H19N3O3/c21-16-14-3-1-2-4-15(14)22-17(12-18-16)6-9-20(10-7-17)11-13-5-8-19-23-13/h1-5,8H,6-7,9-12H2,(H,18,21). The molecule has 0 radical (unpaired) electrons. The highest BCUT2D eigenvalue weighted by Gasteiger charge is 2.39. The molecule has 0 atom stereocenters. The molecule has 1 N–H and O–H groups in total. The van der Waals surface area contributed by atoms with Crippen molar-refractivity contribution in [2.75, 3.05) is 19.6 Å². The number of para-hydroxylation sites is 1. The second-order valence-electron chi connectivity index (χ2n) is 6.22. The van der Waals surface area contributed by atoms with Gasteiger partial charge in [-0.1, -0.05) is 17.3 Å². The number of likely N-dealkylation sites (tertiary alicyclic amines) is 1. The number of amides is 1. The summed E-state index contributed by atoms with van der Waals surface area (Å²) in [6, 6.07) is 9.35. The van der Waals surface area contributed by atoms with Crippen molar-refractivity contribution in [1.29, 1.82) is 0 Å². The van der Waals surface area contributed by atoms with Crippen LogP contribution in [-0.4, -0.2) is 41.2 Å². The molecule has 6 heteroatoms. The summed E-state index contributed by atoms with van der Waals surface area (Å²) in [5, 5.41) is 6.75. The number of carbonyl (C=O) groups is 1. The normalized spacial score (nSPS) is 20.4. The third-order valence-corrected chi connectivity index (χ3v) is 4.67. The molecule has 2 aliphatic rings. The number of ether oxygens (including phenoxy) is 1. The summed E-state index contributed by atoms with van der Waals surface area (Å²) >= 11 is 0. The van der Waals surface area contributed by atoms with Gasteiger partial charge in [-0.25, -0.2) is 0 Å². The van der Waals surface area contributed by atoms with Gasteiger partial charge in [-0.15, -0.1) is 0 Å². The minimum atomic E-state index is -0.319. The van der Waals surface area contributed by atoms with Gasteiger partial charge in [0.15, 0.2) is 5.76 Å². The maximum Gasteiger partial charge on any atom is 0.255 e. The van der Waals surface area contributed by atoms with Crippen molar-refractivity contribution < 1.29 is 14.1 Å². The molecule has 2 aromatic rings. The van der Waals surface area contributed by atoms with Crippen LogP contribution in [0.25, 0.3) is 0 Å². The fourth-order valence-electron chi connectivity index (χ4n) is 3.29. The second-order valence-corrected chi connectivity index (χ2v) is 6.22. The number of benzene rings is 1. The molecule has 1 spiro atoms. The molecule has 1 saturated heterocycles. The van der Waals surface area contributed by atoms with E-state index < -0.39 is 0 Å². The number of nitrogens with one attached hydrogen (secondary N) is 1. The van der Waals surface area contributed by atoms with Crippen LogP contribution < -0.4 is 10.1 Å². The van der Waals surface area contributed by atoms with E-state index in [0.717, 1.165) is 38.2 Å². The van der Waals surface area contributed by atoms with Crippen molar-refractivity contribution in [3.05, 3.63) is 47.9 Å². The summed E-state index contributed by atoms with van der Waals surface area (Å²) in [4.78, 5) is 14.5. The van der Waals surface area contributed by atoms with E-state index in [1.54, 1.807) is 6.20 Å². The lowest BCUT2D eigenvalue weighted by atomic mass is 9.91. The molecular weight excluding hydrogens is 294 g/mol. The lowest BCUT2D eigenvalue weighted by Crippen LogP contribution is -2.52. The lowest BCUT2D eigenvalue weighted by molar-refractivity contribution is 0.00202. The summed E-state index contributed by atoms with van der Waals surface area (Å²) in [5.74, 6) is 1.51. The highest BCUT2D eigenvalue weighted by molar-refractivity contribution is 5.97.